The van der Waals surface area contributed by atoms with Gasteiger partial charge in [0, 0.05) is 16.8 Å². The number of rotatable bonds is 2. The van der Waals surface area contributed by atoms with E-state index in [-0.39, 0.29) is 5.56 Å². The summed E-state index contributed by atoms with van der Waals surface area (Å²) in [7, 11) is 0. The Balaban J connectivity index is 2.49. The van der Waals surface area contributed by atoms with Gasteiger partial charge >= 0.3 is 0 Å². The summed E-state index contributed by atoms with van der Waals surface area (Å²) < 4.78 is 1.83. The van der Waals surface area contributed by atoms with Crippen LogP contribution in [0.3, 0.4) is 0 Å². The number of hydrogen-bond donors (Lipinski definition) is 0. The fourth-order valence-corrected chi connectivity index (χ4v) is 3.11. The third-order valence-corrected chi connectivity index (χ3v) is 3.97. The molecule has 0 aliphatic heterocycles. The molecule has 0 unspecified atom stereocenters. The molecule has 0 fully saturated rings. The minimum Gasteiger partial charge on any atom is -0.281 e. The number of nitrogens with zero attached hydrogens (tertiary/aromatic N) is 1. The van der Waals surface area contributed by atoms with Gasteiger partial charge in [0.2, 0.25) is 0 Å². The normalized spacial score (nSPS) is 11.2. The molecule has 2 nitrogen and oxygen atoms in total. The van der Waals surface area contributed by atoms with E-state index in [2.05, 4.69) is 19.9 Å². The number of hydrogen-bond acceptors (Lipinski definition) is 1. The molecule has 3 aromatic rings. The van der Waals surface area contributed by atoms with Crippen LogP contribution in [0.4, 0.5) is 0 Å². The average Bonchev–Trinajstić information content (AvgIpc) is 2.48. The lowest BCUT2D eigenvalue weighted by atomic mass is 9.95. The molecular formula is C19H19NO. The zero-order valence-corrected chi connectivity index (χ0v) is 12.6. The van der Waals surface area contributed by atoms with E-state index in [1.165, 1.54) is 5.56 Å². The van der Waals surface area contributed by atoms with Gasteiger partial charge in [-0.1, -0.05) is 50.2 Å². The highest BCUT2D eigenvalue weighted by Crippen LogP contribution is 2.27. The summed E-state index contributed by atoms with van der Waals surface area (Å²) in [6.45, 7) is 6.39. The zero-order valence-electron chi connectivity index (χ0n) is 12.6. The molecule has 0 bridgehead atoms. The first-order chi connectivity index (χ1) is 10.1. The van der Waals surface area contributed by atoms with E-state index in [1.54, 1.807) is 0 Å². The summed E-state index contributed by atoms with van der Waals surface area (Å²) in [5, 5.41) is 1.86. The van der Waals surface area contributed by atoms with E-state index >= 15 is 0 Å². The average molecular weight is 277 g/mol. The van der Waals surface area contributed by atoms with Crippen LogP contribution in [-0.4, -0.2) is 4.57 Å². The molecule has 0 aliphatic rings. The fourth-order valence-electron chi connectivity index (χ4n) is 3.11. The second-order valence-electron chi connectivity index (χ2n) is 5.68. The first kappa shape index (κ1) is 13.6. The van der Waals surface area contributed by atoms with E-state index in [0.717, 1.165) is 22.2 Å². The molecular weight excluding hydrogens is 258 g/mol. The highest BCUT2D eigenvalue weighted by Gasteiger charge is 2.16. The van der Waals surface area contributed by atoms with Gasteiger partial charge in [-0.25, -0.2) is 0 Å². The van der Waals surface area contributed by atoms with Crippen LogP contribution < -0.4 is 5.56 Å². The van der Waals surface area contributed by atoms with Crippen molar-refractivity contribution in [2.24, 2.45) is 0 Å². The maximum atomic E-state index is 12.9. The fraction of sp³-hybridized carbons (Fsp3) is 0.211. The topological polar surface area (TPSA) is 22.0 Å². The van der Waals surface area contributed by atoms with E-state index in [1.807, 2.05) is 60.0 Å². The lowest BCUT2D eigenvalue weighted by Gasteiger charge is -2.19. The Morgan fingerprint density at radius 2 is 1.43 bits per heavy atom. The molecule has 0 saturated heterocycles. The molecule has 21 heavy (non-hydrogen) atoms. The Bertz CT molecular complexity index is 845. The molecule has 0 amide bonds. The van der Waals surface area contributed by atoms with E-state index in [0.29, 0.717) is 5.92 Å². The third-order valence-electron chi connectivity index (χ3n) is 3.97. The van der Waals surface area contributed by atoms with Crippen molar-refractivity contribution in [2.45, 2.75) is 26.7 Å². The van der Waals surface area contributed by atoms with Gasteiger partial charge in [-0.2, -0.15) is 0 Å². The van der Waals surface area contributed by atoms with E-state index in [9.17, 15) is 4.79 Å². The van der Waals surface area contributed by atoms with Gasteiger partial charge in [0.25, 0.3) is 5.56 Å². The van der Waals surface area contributed by atoms with Crippen molar-refractivity contribution in [3.8, 4) is 5.69 Å². The Morgan fingerprint density at radius 1 is 0.857 bits per heavy atom. The summed E-state index contributed by atoms with van der Waals surface area (Å²) in [6.07, 6.45) is 0. The molecule has 2 heteroatoms. The predicted octanol–water partition coefficient (Wildman–Crippen LogP) is 4.42. The Hall–Kier alpha value is -2.35. The van der Waals surface area contributed by atoms with Gasteiger partial charge in [-0.15, -0.1) is 0 Å². The number of benzene rings is 2. The number of para-hydroxylation sites is 1. The summed E-state index contributed by atoms with van der Waals surface area (Å²) in [5.41, 5.74) is 3.25. The molecule has 2 aromatic carbocycles. The number of fused-ring (bicyclic) bond motifs is 1. The minimum absolute atomic E-state index is 0.0544. The third kappa shape index (κ3) is 2.17. The smallest absolute Gasteiger partial charge is 0.263 e. The molecule has 1 aromatic heterocycles. The maximum absolute atomic E-state index is 12.9. The van der Waals surface area contributed by atoms with E-state index in [4.69, 9.17) is 0 Å². The van der Waals surface area contributed by atoms with Crippen molar-refractivity contribution in [1.29, 1.82) is 0 Å². The van der Waals surface area contributed by atoms with Crippen LogP contribution in [0.25, 0.3) is 16.5 Å². The zero-order chi connectivity index (χ0) is 15.0. The van der Waals surface area contributed by atoms with Crippen LogP contribution in [0.1, 0.15) is 31.0 Å². The van der Waals surface area contributed by atoms with Crippen molar-refractivity contribution < 1.29 is 0 Å². The van der Waals surface area contributed by atoms with Gasteiger partial charge in [0.1, 0.15) is 0 Å². The molecule has 0 radical (unpaired) electrons. The van der Waals surface area contributed by atoms with Crippen LogP contribution in [0.15, 0.2) is 59.4 Å². The highest BCUT2D eigenvalue weighted by molar-refractivity contribution is 5.86. The van der Waals surface area contributed by atoms with Crippen molar-refractivity contribution in [3.63, 3.8) is 0 Å². The summed E-state index contributed by atoms with van der Waals surface area (Å²) in [5.74, 6) is 0.366. The second-order valence-corrected chi connectivity index (χ2v) is 5.68. The Labute approximate surface area is 124 Å². The molecule has 0 spiro atoms. The Kier molecular flexibility index (Phi) is 3.38. The number of pyridine rings is 1. The molecule has 0 N–H and O–H groups in total. The SMILES string of the molecule is Cc1c(C(C)C)c2ccccc2c(=O)n1-c1ccccc1. The van der Waals surface area contributed by atoms with Gasteiger partial charge < -0.3 is 0 Å². The van der Waals surface area contributed by atoms with Gasteiger partial charge in [-0.3, -0.25) is 9.36 Å². The molecule has 0 aliphatic carbocycles. The van der Waals surface area contributed by atoms with Crippen molar-refractivity contribution in [3.05, 3.63) is 76.2 Å². The summed E-state index contributed by atoms with van der Waals surface area (Å²) in [6, 6.07) is 17.8. The lowest BCUT2D eigenvalue weighted by Crippen LogP contribution is -2.23. The summed E-state index contributed by atoms with van der Waals surface area (Å²) in [4.78, 5) is 12.9. The van der Waals surface area contributed by atoms with E-state index < -0.39 is 0 Å². The van der Waals surface area contributed by atoms with Gasteiger partial charge in [0.15, 0.2) is 0 Å². The minimum atomic E-state index is 0.0544. The summed E-state index contributed by atoms with van der Waals surface area (Å²) >= 11 is 0. The predicted molar refractivity (Wildman–Crippen MR) is 88.4 cm³/mol. The molecule has 3 rings (SSSR count). The molecule has 106 valence electrons. The first-order valence-corrected chi connectivity index (χ1v) is 7.31. The van der Waals surface area contributed by atoms with Gasteiger partial charge in [-0.05, 0) is 42.0 Å². The van der Waals surface area contributed by atoms with Crippen LogP contribution >= 0.6 is 0 Å². The van der Waals surface area contributed by atoms with Crippen molar-refractivity contribution in [2.75, 3.05) is 0 Å². The number of aromatic nitrogens is 1. The monoisotopic (exact) mass is 277 g/mol. The van der Waals surface area contributed by atoms with Crippen molar-refractivity contribution >= 4 is 10.8 Å². The molecule has 0 atom stereocenters. The van der Waals surface area contributed by atoms with Crippen molar-refractivity contribution in [1.82, 2.24) is 4.57 Å². The quantitative estimate of drug-likeness (QED) is 0.679. The van der Waals surface area contributed by atoms with Crippen LogP contribution in [0.5, 0.6) is 0 Å². The first-order valence-electron chi connectivity index (χ1n) is 7.31. The van der Waals surface area contributed by atoms with Crippen LogP contribution in [0, 0.1) is 6.92 Å². The Morgan fingerprint density at radius 3 is 2.05 bits per heavy atom. The van der Waals surface area contributed by atoms with Crippen LogP contribution in [0.2, 0.25) is 0 Å². The standard InChI is InChI=1S/C19H19NO/c1-13(2)18-14(3)20(15-9-5-4-6-10-15)19(21)17-12-8-7-11-16(17)18/h4-13H,1-3H3. The second kappa shape index (κ2) is 5.21. The highest BCUT2D eigenvalue weighted by atomic mass is 16.1. The van der Waals surface area contributed by atoms with Crippen LogP contribution in [-0.2, 0) is 0 Å². The maximum Gasteiger partial charge on any atom is 0.263 e. The molecule has 1 heterocycles. The lowest BCUT2D eigenvalue weighted by molar-refractivity contribution is 0.822. The largest absolute Gasteiger partial charge is 0.281 e. The molecule has 0 saturated carbocycles. The van der Waals surface area contributed by atoms with Gasteiger partial charge in [0.05, 0.1) is 0 Å².